The second-order valence-electron chi connectivity index (χ2n) is 3.37. The van der Waals surface area contributed by atoms with Crippen LogP contribution in [0.2, 0.25) is 0 Å². The molecule has 0 saturated carbocycles. The van der Waals surface area contributed by atoms with Gasteiger partial charge < -0.3 is 29.7 Å². The SMILES string of the molecule is CCCC(=O)[O-].CCCC(=O)[O-].CCCC(=O)[O-].[Os]. The van der Waals surface area contributed by atoms with E-state index in [-0.39, 0.29) is 39.1 Å². The minimum absolute atomic E-state index is 0. The molecule has 0 rings (SSSR count). The Morgan fingerprint density at radius 2 is 0.789 bits per heavy atom. The van der Waals surface area contributed by atoms with E-state index >= 15 is 0 Å². The molecular formula is C12H21O6Os-3. The molecule has 0 saturated heterocycles. The van der Waals surface area contributed by atoms with Gasteiger partial charge >= 0.3 is 0 Å². The zero-order valence-corrected chi connectivity index (χ0v) is 14.1. The first-order chi connectivity index (χ1) is 8.31. The zero-order chi connectivity index (χ0) is 15.0. The first-order valence-corrected chi connectivity index (χ1v) is 5.91. The summed E-state index contributed by atoms with van der Waals surface area (Å²) >= 11 is 0. The maximum absolute atomic E-state index is 9.49. The minimum Gasteiger partial charge on any atom is -0.550 e. The number of hydrogen-bond donors (Lipinski definition) is 0. The van der Waals surface area contributed by atoms with Gasteiger partial charge in [-0.2, -0.15) is 0 Å². The average Bonchev–Trinajstić information content (AvgIpc) is 2.18. The number of carboxylic acid groups (broad SMARTS) is 3. The van der Waals surface area contributed by atoms with Crippen LogP contribution in [0.4, 0.5) is 0 Å². The van der Waals surface area contributed by atoms with Gasteiger partial charge in [-0.3, -0.25) is 0 Å². The van der Waals surface area contributed by atoms with E-state index in [4.69, 9.17) is 0 Å². The molecule has 19 heavy (non-hydrogen) atoms. The Hall–Kier alpha value is -0.954. The summed E-state index contributed by atoms with van der Waals surface area (Å²) in [6, 6.07) is 0. The van der Waals surface area contributed by atoms with Crippen LogP contribution in [0.15, 0.2) is 0 Å². The van der Waals surface area contributed by atoms with Gasteiger partial charge in [-0.25, -0.2) is 0 Å². The summed E-state index contributed by atoms with van der Waals surface area (Å²) in [5.74, 6) is -2.88. The third kappa shape index (κ3) is 59.6. The fraction of sp³-hybridized carbons (Fsp3) is 0.750. The molecule has 0 aromatic rings. The number of carbonyl (C=O) groups excluding carboxylic acids is 3. The van der Waals surface area contributed by atoms with E-state index in [9.17, 15) is 29.7 Å². The maximum atomic E-state index is 9.49. The standard InChI is InChI=1S/3C4H8O2.Os/c3*1-2-3-4(5)6;/h3*2-3H2,1H3,(H,5,6);/p-3. The first-order valence-electron chi connectivity index (χ1n) is 5.91. The summed E-state index contributed by atoms with van der Waals surface area (Å²) in [5, 5.41) is 28.5. The fourth-order valence-corrected chi connectivity index (χ4v) is 0.612. The van der Waals surface area contributed by atoms with Gasteiger partial charge in [0.15, 0.2) is 0 Å². The van der Waals surface area contributed by atoms with E-state index in [0.717, 1.165) is 0 Å². The Labute approximate surface area is 127 Å². The number of carbonyl (C=O) groups is 3. The molecule has 0 atom stereocenters. The van der Waals surface area contributed by atoms with Crippen molar-refractivity contribution in [3.05, 3.63) is 0 Å². The molecule has 0 aliphatic carbocycles. The monoisotopic (exact) mass is 453 g/mol. The Morgan fingerprint density at radius 3 is 0.789 bits per heavy atom. The van der Waals surface area contributed by atoms with Crippen molar-refractivity contribution < 1.29 is 49.5 Å². The Bertz CT molecular complexity index is 192. The smallest absolute Gasteiger partial charge is 0.0414 e. The van der Waals surface area contributed by atoms with Crippen LogP contribution in [-0.4, -0.2) is 17.9 Å². The molecule has 0 aliphatic rings. The van der Waals surface area contributed by atoms with Crippen molar-refractivity contribution in [3.8, 4) is 0 Å². The van der Waals surface area contributed by atoms with Crippen molar-refractivity contribution in [2.24, 2.45) is 0 Å². The molecular weight excluding hydrogens is 430 g/mol. The Morgan fingerprint density at radius 1 is 0.632 bits per heavy atom. The summed E-state index contributed by atoms with van der Waals surface area (Å²) in [7, 11) is 0. The molecule has 0 aromatic carbocycles. The number of hydrogen-bond acceptors (Lipinski definition) is 6. The molecule has 0 amide bonds. The second-order valence-corrected chi connectivity index (χ2v) is 3.37. The molecule has 0 aromatic heterocycles. The second kappa shape index (κ2) is 22.2. The van der Waals surface area contributed by atoms with Crippen molar-refractivity contribution in [3.63, 3.8) is 0 Å². The number of rotatable bonds is 6. The summed E-state index contributed by atoms with van der Waals surface area (Å²) in [6.07, 6.45) is 2.55. The summed E-state index contributed by atoms with van der Waals surface area (Å²) in [5.41, 5.74) is 0. The maximum Gasteiger partial charge on any atom is 0.0414 e. The van der Waals surface area contributed by atoms with Crippen molar-refractivity contribution in [1.29, 1.82) is 0 Å². The molecule has 0 N–H and O–H groups in total. The molecule has 0 radical (unpaired) electrons. The third-order valence-corrected chi connectivity index (χ3v) is 1.36. The van der Waals surface area contributed by atoms with Crippen molar-refractivity contribution in [2.75, 3.05) is 0 Å². The number of carboxylic acids is 3. The van der Waals surface area contributed by atoms with Gasteiger partial charge in [0, 0.05) is 37.7 Å². The molecule has 0 bridgehead atoms. The predicted molar refractivity (Wildman–Crippen MR) is 59.7 cm³/mol. The van der Waals surface area contributed by atoms with Crippen LogP contribution < -0.4 is 15.3 Å². The Balaban J connectivity index is -0.0000000865. The van der Waals surface area contributed by atoms with Gasteiger partial charge in [0.05, 0.1) is 0 Å². The van der Waals surface area contributed by atoms with E-state index in [1.807, 2.05) is 0 Å². The molecule has 0 spiro atoms. The van der Waals surface area contributed by atoms with Crippen LogP contribution in [0.1, 0.15) is 59.3 Å². The molecule has 6 nitrogen and oxygen atoms in total. The molecule has 0 aliphatic heterocycles. The van der Waals surface area contributed by atoms with Gasteiger partial charge in [0.25, 0.3) is 0 Å². The quantitative estimate of drug-likeness (QED) is 0.490. The van der Waals surface area contributed by atoms with E-state index in [1.165, 1.54) is 0 Å². The minimum atomic E-state index is -0.961. The van der Waals surface area contributed by atoms with Gasteiger partial charge in [-0.15, -0.1) is 0 Å². The van der Waals surface area contributed by atoms with Crippen molar-refractivity contribution in [1.82, 2.24) is 0 Å². The van der Waals surface area contributed by atoms with E-state index in [1.54, 1.807) is 20.8 Å². The average molecular weight is 452 g/mol. The van der Waals surface area contributed by atoms with Crippen LogP contribution in [0.5, 0.6) is 0 Å². The number of aliphatic carboxylic acids is 3. The molecule has 0 unspecified atom stereocenters. The van der Waals surface area contributed by atoms with Gasteiger partial charge in [0.1, 0.15) is 0 Å². The fourth-order valence-electron chi connectivity index (χ4n) is 0.612. The zero-order valence-electron chi connectivity index (χ0n) is 11.5. The molecule has 0 fully saturated rings. The normalized spacial score (nSPS) is 7.74. The van der Waals surface area contributed by atoms with Crippen LogP contribution in [-0.2, 0) is 34.2 Å². The van der Waals surface area contributed by atoms with Crippen LogP contribution in [0.25, 0.3) is 0 Å². The van der Waals surface area contributed by atoms with Crippen LogP contribution >= 0.6 is 0 Å². The largest absolute Gasteiger partial charge is 0.550 e. The molecule has 116 valence electrons. The molecule has 7 heteroatoms. The van der Waals surface area contributed by atoms with Gasteiger partial charge in [-0.05, 0) is 19.3 Å². The van der Waals surface area contributed by atoms with E-state index in [0.29, 0.717) is 19.3 Å². The third-order valence-electron chi connectivity index (χ3n) is 1.36. The van der Waals surface area contributed by atoms with E-state index in [2.05, 4.69) is 0 Å². The van der Waals surface area contributed by atoms with Crippen LogP contribution in [0.3, 0.4) is 0 Å². The van der Waals surface area contributed by atoms with Crippen LogP contribution in [0, 0.1) is 0 Å². The first kappa shape index (κ1) is 26.6. The van der Waals surface area contributed by atoms with Gasteiger partial charge in [0.2, 0.25) is 0 Å². The Kier molecular flexibility index (Phi) is 31.1. The van der Waals surface area contributed by atoms with Crippen molar-refractivity contribution >= 4 is 17.9 Å². The molecule has 0 heterocycles. The van der Waals surface area contributed by atoms with Gasteiger partial charge in [-0.1, -0.05) is 40.0 Å². The summed E-state index contributed by atoms with van der Waals surface area (Å²) in [4.78, 5) is 28.5. The van der Waals surface area contributed by atoms with E-state index < -0.39 is 17.9 Å². The topological polar surface area (TPSA) is 120 Å². The summed E-state index contributed by atoms with van der Waals surface area (Å²) in [6.45, 7) is 5.40. The summed E-state index contributed by atoms with van der Waals surface area (Å²) < 4.78 is 0. The van der Waals surface area contributed by atoms with Crippen molar-refractivity contribution in [2.45, 2.75) is 59.3 Å². The predicted octanol–water partition coefficient (Wildman–Crippen LogP) is -1.39.